The maximum atomic E-state index is 10.7. The van der Waals surface area contributed by atoms with E-state index in [0.717, 1.165) is 11.4 Å². The van der Waals surface area contributed by atoms with Crippen LogP contribution < -0.4 is 10.1 Å². The van der Waals surface area contributed by atoms with Crippen LogP contribution in [-0.2, 0) is 0 Å². The number of benzene rings is 1. The van der Waals surface area contributed by atoms with E-state index in [4.69, 9.17) is 9.84 Å². The van der Waals surface area contributed by atoms with E-state index in [-0.39, 0.29) is 11.7 Å². The van der Waals surface area contributed by atoms with Crippen molar-refractivity contribution in [3.05, 3.63) is 48.2 Å². The average Bonchev–Trinajstić information content (AvgIpc) is 2.41. The van der Waals surface area contributed by atoms with Gasteiger partial charge in [0.2, 0.25) is 0 Å². The van der Waals surface area contributed by atoms with Gasteiger partial charge in [-0.1, -0.05) is 0 Å². The Kier molecular flexibility index (Phi) is 4.20. The third-order valence-electron chi connectivity index (χ3n) is 2.51. The lowest BCUT2D eigenvalue weighted by Gasteiger charge is -2.10. The second kappa shape index (κ2) is 6.06. The highest BCUT2D eigenvalue weighted by Crippen LogP contribution is 2.19. The van der Waals surface area contributed by atoms with E-state index >= 15 is 0 Å². The molecule has 5 heteroatoms. The van der Waals surface area contributed by atoms with Gasteiger partial charge in [0.05, 0.1) is 11.7 Å². The predicted octanol–water partition coefficient (Wildman–Crippen LogP) is 3.31. The fraction of sp³-hybridized carbons (Fsp3) is 0.200. The molecule has 0 radical (unpaired) electrons. The van der Waals surface area contributed by atoms with Gasteiger partial charge < -0.3 is 15.2 Å². The third-order valence-corrected chi connectivity index (χ3v) is 2.51. The van der Waals surface area contributed by atoms with Crippen molar-refractivity contribution >= 4 is 17.5 Å². The molecule has 0 saturated heterocycles. The Morgan fingerprint density at radius 2 is 1.90 bits per heavy atom. The number of hydrogen-bond donors (Lipinski definition) is 2. The summed E-state index contributed by atoms with van der Waals surface area (Å²) in [5, 5.41) is 11.9. The van der Waals surface area contributed by atoms with Crippen molar-refractivity contribution in [3.8, 4) is 5.75 Å². The zero-order chi connectivity index (χ0) is 14.5. The summed E-state index contributed by atoms with van der Waals surface area (Å²) in [6, 6.07) is 10.6. The molecule has 2 N–H and O–H groups in total. The van der Waals surface area contributed by atoms with E-state index in [9.17, 15) is 4.79 Å². The van der Waals surface area contributed by atoms with Gasteiger partial charge in [-0.2, -0.15) is 0 Å². The first-order chi connectivity index (χ1) is 9.54. The molecule has 0 atom stereocenters. The van der Waals surface area contributed by atoms with Crippen LogP contribution in [-0.4, -0.2) is 22.2 Å². The van der Waals surface area contributed by atoms with Crippen LogP contribution >= 0.6 is 0 Å². The molecular formula is C15H16N2O3. The summed E-state index contributed by atoms with van der Waals surface area (Å²) in [5.74, 6) is 0.409. The number of nitrogens with zero attached hydrogens (tertiary/aromatic N) is 1. The maximum Gasteiger partial charge on any atom is 0.337 e. The molecule has 0 spiro atoms. The monoisotopic (exact) mass is 272 g/mol. The topological polar surface area (TPSA) is 71.5 Å². The molecule has 1 aromatic carbocycles. The number of rotatable bonds is 5. The van der Waals surface area contributed by atoms with Crippen molar-refractivity contribution in [1.82, 2.24) is 4.98 Å². The first-order valence-electron chi connectivity index (χ1n) is 6.27. The van der Waals surface area contributed by atoms with E-state index in [1.807, 2.05) is 38.1 Å². The molecule has 2 aromatic rings. The highest BCUT2D eigenvalue weighted by molar-refractivity contribution is 5.87. The largest absolute Gasteiger partial charge is 0.491 e. The van der Waals surface area contributed by atoms with Gasteiger partial charge in [-0.15, -0.1) is 0 Å². The minimum absolute atomic E-state index is 0.138. The van der Waals surface area contributed by atoms with E-state index < -0.39 is 5.97 Å². The molecule has 1 aromatic heterocycles. The first kappa shape index (κ1) is 13.9. The second-order valence-electron chi connectivity index (χ2n) is 4.55. The summed E-state index contributed by atoms with van der Waals surface area (Å²) in [5.41, 5.74) is 1.02. The molecule has 0 saturated carbocycles. The van der Waals surface area contributed by atoms with Crippen LogP contribution in [0, 0.1) is 0 Å². The number of carboxylic acids is 1. The van der Waals surface area contributed by atoms with Crippen LogP contribution in [0.2, 0.25) is 0 Å². The van der Waals surface area contributed by atoms with Gasteiger partial charge in [0, 0.05) is 11.9 Å². The molecule has 0 amide bonds. The SMILES string of the molecule is CC(C)Oc1ccc(Nc2ccc(C(=O)O)cn2)cc1. The summed E-state index contributed by atoms with van der Waals surface area (Å²) >= 11 is 0. The van der Waals surface area contributed by atoms with Gasteiger partial charge in [-0.05, 0) is 50.2 Å². The summed E-state index contributed by atoms with van der Waals surface area (Å²) in [7, 11) is 0. The van der Waals surface area contributed by atoms with Crippen LogP contribution in [0.5, 0.6) is 5.75 Å². The maximum absolute atomic E-state index is 10.7. The number of aromatic carboxylic acids is 1. The smallest absolute Gasteiger partial charge is 0.337 e. The first-order valence-corrected chi connectivity index (χ1v) is 6.27. The van der Waals surface area contributed by atoms with Gasteiger partial charge in [-0.25, -0.2) is 9.78 Å². The fourth-order valence-electron chi connectivity index (χ4n) is 1.63. The summed E-state index contributed by atoms with van der Waals surface area (Å²) in [4.78, 5) is 14.8. The number of carboxylic acid groups (broad SMARTS) is 1. The van der Waals surface area contributed by atoms with Gasteiger partial charge >= 0.3 is 5.97 Å². The molecule has 5 nitrogen and oxygen atoms in total. The standard InChI is InChI=1S/C15H16N2O3/c1-10(2)20-13-6-4-12(5-7-13)17-14-8-3-11(9-16-14)15(18)19/h3-10H,1-2H3,(H,16,17)(H,18,19). The van der Waals surface area contributed by atoms with Crippen molar-refractivity contribution in [2.45, 2.75) is 20.0 Å². The average molecular weight is 272 g/mol. The Bertz CT molecular complexity index is 577. The van der Waals surface area contributed by atoms with Gasteiger partial charge in [0.1, 0.15) is 11.6 Å². The molecule has 0 bridgehead atoms. The van der Waals surface area contributed by atoms with Crippen molar-refractivity contribution in [3.63, 3.8) is 0 Å². The molecule has 0 unspecified atom stereocenters. The van der Waals surface area contributed by atoms with Crippen molar-refractivity contribution < 1.29 is 14.6 Å². The molecular weight excluding hydrogens is 256 g/mol. The molecule has 0 aliphatic heterocycles. The number of anilines is 2. The van der Waals surface area contributed by atoms with Crippen LogP contribution in [0.3, 0.4) is 0 Å². The molecule has 104 valence electrons. The highest BCUT2D eigenvalue weighted by atomic mass is 16.5. The normalized spacial score (nSPS) is 10.3. The molecule has 1 heterocycles. The summed E-state index contributed by atoms with van der Waals surface area (Å²) in [6.07, 6.45) is 1.46. The highest BCUT2D eigenvalue weighted by Gasteiger charge is 2.03. The number of pyridine rings is 1. The Labute approximate surface area is 117 Å². The molecule has 20 heavy (non-hydrogen) atoms. The minimum Gasteiger partial charge on any atom is -0.491 e. The van der Waals surface area contributed by atoms with Crippen LogP contribution in [0.15, 0.2) is 42.6 Å². The molecule has 0 aliphatic rings. The lowest BCUT2D eigenvalue weighted by atomic mass is 10.2. The molecule has 0 aliphatic carbocycles. The van der Waals surface area contributed by atoms with Crippen LogP contribution in [0.25, 0.3) is 0 Å². The van der Waals surface area contributed by atoms with E-state index in [2.05, 4.69) is 10.3 Å². The Hall–Kier alpha value is -2.56. The minimum atomic E-state index is -0.987. The van der Waals surface area contributed by atoms with Crippen molar-refractivity contribution in [2.24, 2.45) is 0 Å². The Morgan fingerprint density at radius 1 is 1.20 bits per heavy atom. The lowest BCUT2D eigenvalue weighted by Crippen LogP contribution is -2.05. The van der Waals surface area contributed by atoms with Crippen molar-refractivity contribution in [1.29, 1.82) is 0 Å². The zero-order valence-electron chi connectivity index (χ0n) is 11.3. The van der Waals surface area contributed by atoms with E-state index in [1.54, 1.807) is 6.07 Å². The van der Waals surface area contributed by atoms with Crippen molar-refractivity contribution in [2.75, 3.05) is 5.32 Å². The second-order valence-corrected chi connectivity index (χ2v) is 4.55. The number of carbonyl (C=O) groups is 1. The predicted molar refractivity (Wildman–Crippen MR) is 76.7 cm³/mol. The van der Waals surface area contributed by atoms with Gasteiger partial charge in [0.25, 0.3) is 0 Å². The Balaban J connectivity index is 2.04. The molecule has 2 rings (SSSR count). The van der Waals surface area contributed by atoms with E-state index in [1.165, 1.54) is 12.3 Å². The zero-order valence-corrected chi connectivity index (χ0v) is 11.3. The summed E-state index contributed by atoms with van der Waals surface area (Å²) in [6.45, 7) is 3.94. The number of nitrogens with one attached hydrogen (secondary N) is 1. The van der Waals surface area contributed by atoms with Gasteiger partial charge in [-0.3, -0.25) is 0 Å². The number of hydrogen-bond acceptors (Lipinski definition) is 4. The van der Waals surface area contributed by atoms with Gasteiger partial charge in [0.15, 0.2) is 0 Å². The summed E-state index contributed by atoms with van der Waals surface area (Å²) < 4.78 is 5.55. The van der Waals surface area contributed by atoms with Crippen LogP contribution in [0.1, 0.15) is 24.2 Å². The number of aromatic nitrogens is 1. The third kappa shape index (κ3) is 3.71. The van der Waals surface area contributed by atoms with E-state index in [0.29, 0.717) is 5.82 Å². The Morgan fingerprint density at radius 3 is 2.40 bits per heavy atom. The number of ether oxygens (including phenoxy) is 1. The lowest BCUT2D eigenvalue weighted by molar-refractivity contribution is 0.0696. The quantitative estimate of drug-likeness (QED) is 0.873. The fourth-order valence-corrected chi connectivity index (χ4v) is 1.63. The van der Waals surface area contributed by atoms with Crippen LogP contribution in [0.4, 0.5) is 11.5 Å². The molecule has 0 fully saturated rings.